The maximum Gasteiger partial charge on any atom is 0.282 e. The molecule has 1 saturated heterocycles. The molecule has 2 aromatic rings. The molecule has 6 nitrogen and oxygen atoms in total. The predicted octanol–water partition coefficient (Wildman–Crippen LogP) is 2.81. The van der Waals surface area contributed by atoms with Crippen LogP contribution in [0.4, 0.5) is 5.69 Å². The maximum atomic E-state index is 13.8. The number of hydrogen-bond donors (Lipinski definition) is 1. The first-order valence-corrected chi connectivity index (χ1v) is 11.2. The lowest BCUT2D eigenvalue weighted by atomic mass is 9.97. The van der Waals surface area contributed by atoms with Gasteiger partial charge in [0.15, 0.2) is 0 Å². The van der Waals surface area contributed by atoms with Crippen LogP contribution in [-0.4, -0.2) is 66.1 Å². The summed E-state index contributed by atoms with van der Waals surface area (Å²) >= 11 is 0. The second kappa shape index (κ2) is 8.88. The second-order valence-corrected chi connectivity index (χ2v) is 8.83. The van der Waals surface area contributed by atoms with Gasteiger partial charge in [0.25, 0.3) is 11.8 Å². The summed E-state index contributed by atoms with van der Waals surface area (Å²) in [4.78, 5) is 33.2. The number of benzene rings is 2. The monoisotopic (exact) mass is 433 g/mol. The zero-order chi connectivity index (χ0) is 23.0. The van der Waals surface area contributed by atoms with Crippen LogP contribution in [0.15, 0.2) is 42.1 Å². The number of nitrogens with zero attached hydrogens (tertiary/aromatic N) is 3. The van der Waals surface area contributed by atoms with Crippen LogP contribution in [0.3, 0.4) is 0 Å². The Morgan fingerprint density at radius 3 is 2.12 bits per heavy atom. The van der Waals surface area contributed by atoms with E-state index >= 15 is 0 Å². The van der Waals surface area contributed by atoms with Crippen molar-refractivity contribution in [2.24, 2.45) is 0 Å². The van der Waals surface area contributed by atoms with Gasteiger partial charge in [-0.15, -0.1) is 0 Å². The topological polar surface area (TPSA) is 64.1 Å². The van der Waals surface area contributed by atoms with Crippen molar-refractivity contribution in [2.45, 2.75) is 27.7 Å². The standard InChI is InChI=1S/C26H31N3O3/c1-17-6-8-21(20(4)15-17)23-24(28-11-9-27(10-12-28)13-14-30)26(32)29(25(23)31)22-16-18(2)5-7-19(22)3/h5-8,15-16,30H,9-14H2,1-4H3. The highest BCUT2D eigenvalue weighted by atomic mass is 16.3. The van der Waals surface area contributed by atoms with E-state index in [1.165, 1.54) is 4.90 Å². The maximum absolute atomic E-state index is 13.8. The van der Waals surface area contributed by atoms with Gasteiger partial charge in [-0.3, -0.25) is 14.5 Å². The molecule has 0 radical (unpaired) electrons. The summed E-state index contributed by atoms with van der Waals surface area (Å²) in [6.45, 7) is 11.4. The summed E-state index contributed by atoms with van der Waals surface area (Å²) in [6, 6.07) is 11.9. The minimum Gasteiger partial charge on any atom is -0.395 e. The van der Waals surface area contributed by atoms with Crippen LogP contribution in [0.5, 0.6) is 0 Å². The Hall–Kier alpha value is -2.96. The smallest absolute Gasteiger partial charge is 0.282 e. The molecule has 0 unspecified atom stereocenters. The van der Waals surface area contributed by atoms with Crippen LogP contribution in [0.1, 0.15) is 27.8 Å². The number of anilines is 1. The van der Waals surface area contributed by atoms with E-state index in [0.29, 0.717) is 36.6 Å². The van der Waals surface area contributed by atoms with Crippen LogP contribution in [0, 0.1) is 27.7 Å². The number of β-amino-alcohol motifs (C(OH)–C–C–N with tert-alkyl or cyclic N) is 1. The molecule has 0 aliphatic carbocycles. The Morgan fingerprint density at radius 2 is 1.47 bits per heavy atom. The SMILES string of the molecule is Cc1ccc(C2=C(N3CCN(CCO)CC3)C(=O)N(c3cc(C)ccc3C)C2=O)c(C)c1. The molecule has 2 heterocycles. The quantitative estimate of drug-likeness (QED) is 0.735. The normalized spacial score (nSPS) is 17.7. The molecule has 1 fully saturated rings. The van der Waals surface area contributed by atoms with Gasteiger partial charge in [-0.05, 0) is 56.0 Å². The van der Waals surface area contributed by atoms with Crippen molar-refractivity contribution in [2.75, 3.05) is 44.2 Å². The Bertz CT molecular complexity index is 1100. The molecule has 0 atom stereocenters. The Balaban J connectivity index is 1.81. The number of aliphatic hydroxyl groups is 1. The highest BCUT2D eigenvalue weighted by molar-refractivity contribution is 6.45. The van der Waals surface area contributed by atoms with Gasteiger partial charge in [-0.2, -0.15) is 0 Å². The number of piperazine rings is 1. The number of carbonyl (C=O) groups excluding carboxylic acids is 2. The molecule has 2 aliphatic heterocycles. The van der Waals surface area contributed by atoms with Crippen LogP contribution in [0.25, 0.3) is 5.57 Å². The van der Waals surface area contributed by atoms with Crippen LogP contribution in [-0.2, 0) is 9.59 Å². The average molecular weight is 434 g/mol. The molecule has 32 heavy (non-hydrogen) atoms. The van der Waals surface area contributed by atoms with Gasteiger partial charge >= 0.3 is 0 Å². The van der Waals surface area contributed by atoms with E-state index in [2.05, 4.69) is 11.0 Å². The Kier molecular flexibility index (Phi) is 6.17. The largest absolute Gasteiger partial charge is 0.395 e. The van der Waals surface area contributed by atoms with E-state index in [4.69, 9.17) is 0 Å². The average Bonchev–Trinajstić information content (AvgIpc) is 3.01. The lowest BCUT2D eigenvalue weighted by molar-refractivity contribution is -0.120. The molecule has 2 aromatic carbocycles. The summed E-state index contributed by atoms with van der Waals surface area (Å²) in [5.74, 6) is -0.516. The van der Waals surface area contributed by atoms with Crippen LogP contribution >= 0.6 is 0 Å². The first-order chi connectivity index (χ1) is 15.3. The number of rotatable bonds is 5. The number of imide groups is 1. The fourth-order valence-corrected chi connectivity index (χ4v) is 4.66. The van der Waals surface area contributed by atoms with Crippen molar-refractivity contribution in [1.29, 1.82) is 0 Å². The van der Waals surface area contributed by atoms with Gasteiger partial charge < -0.3 is 10.0 Å². The molecule has 1 N–H and O–H groups in total. The van der Waals surface area contributed by atoms with E-state index in [9.17, 15) is 14.7 Å². The molecule has 0 saturated carbocycles. The van der Waals surface area contributed by atoms with Crippen molar-refractivity contribution in [1.82, 2.24) is 9.80 Å². The van der Waals surface area contributed by atoms with Crippen molar-refractivity contribution in [3.8, 4) is 0 Å². The summed E-state index contributed by atoms with van der Waals surface area (Å²) in [7, 11) is 0. The zero-order valence-corrected chi connectivity index (χ0v) is 19.3. The fraction of sp³-hybridized carbons (Fsp3) is 0.385. The van der Waals surface area contributed by atoms with Gasteiger partial charge in [0.2, 0.25) is 0 Å². The number of aryl methyl sites for hydroxylation is 4. The highest BCUT2D eigenvalue weighted by Gasteiger charge is 2.43. The lowest BCUT2D eigenvalue weighted by Gasteiger charge is -2.36. The lowest BCUT2D eigenvalue weighted by Crippen LogP contribution is -2.48. The Labute approximate surface area is 189 Å². The summed E-state index contributed by atoms with van der Waals surface area (Å²) in [5, 5.41) is 9.26. The zero-order valence-electron chi connectivity index (χ0n) is 19.3. The molecule has 2 amide bonds. The third-order valence-electron chi connectivity index (χ3n) is 6.42. The van der Waals surface area contributed by atoms with E-state index in [-0.39, 0.29) is 18.4 Å². The van der Waals surface area contributed by atoms with Crippen molar-refractivity contribution >= 4 is 23.1 Å². The van der Waals surface area contributed by atoms with E-state index < -0.39 is 0 Å². The van der Waals surface area contributed by atoms with E-state index in [0.717, 1.165) is 40.9 Å². The van der Waals surface area contributed by atoms with E-state index in [1.54, 1.807) is 0 Å². The highest BCUT2D eigenvalue weighted by Crippen LogP contribution is 2.37. The molecule has 0 bridgehead atoms. The van der Waals surface area contributed by atoms with Crippen LogP contribution in [0.2, 0.25) is 0 Å². The first kappa shape index (κ1) is 22.2. The molecule has 2 aliphatic rings. The van der Waals surface area contributed by atoms with Crippen molar-refractivity contribution in [3.05, 3.63) is 69.9 Å². The number of hydrogen-bond acceptors (Lipinski definition) is 5. The number of carbonyl (C=O) groups is 2. The fourth-order valence-electron chi connectivity index (χ4n) is 4.66. The number of amides is 2. The third kappa shape index (κ3) is 3.96. The van der Waals surface area contributed by atoms with Gasteiger partial charge in [0, 0.05) is 32.7 Å². The van der Waals surface area contributed by atoms with Gasteiger partial charge in [0.05, 0.1) is 17.9 Å². The minimum absolute atomic E-state index is 0.119. The summed E-state index contributed by atoms with van der Waals surface area (Å²) in [6.07, 6.45) is 0. The van der Waals surface area contributed by atoms with Gasteiger partial charge in [0.1, 0.15) is 5.70 Å². The molecule has 168 valence electrons. The van der Waals surface area contributed by atoms with Gasteiger partial charge in [-0.25, -0.2) is 4.90 Å². The molecule has 4 rings (SSSR count). The predicted molar refractivity (Wildman–Crippen MR) is 126 cm³/mol. The molecule has 0 aromatic heterocycles. The summed E-state index contributed by atoms with van der Waals surface area (Å²) < 4.78 is 0. The molecule has 6 heteroatoms. The Morgan fingerprint density at radius 1 is 0.812 bits per heavy atom. The van der Waals surface area contributed by atoms with Crippen molar-refractivity contribution < 1.29 is 14.7 Å². The van der Waals surface area contributed by atoms with Gasteiger partial charge in [-0.1, -0.05) is 35.9 Å². The first-order valence-electron chi connectivity index (χ1n) is 11.2. The molecule has 0 spiro atoms. The third-order valence-corrected chi connectivity index (χ3v) is 6.42. The molecular formula is C26H31N3O3. The molecular weight excluding hydrogens is 402 g/mol. The van der Waals surface area contributed by atoms with Crippen LogP contribution < -0.4 is 4.90 Å². The minimum atomic E-state index is -0.261. The summed E-state index contributed by atoms with van der Waals surface area (Å²) in [5.41, 5.74) is 6.45. The second-order valence-electron chi connectivity index (χ2n) is 8.83. The van der Waals surface area contributed by atoms with Crippen molar-refractivity contribution in [3.63, 3.8) is 0 Å². The number of aliphatic hydroxyl groups excluding tert-OH is 1. The van der Waals surface area contributed by atoms with E-state index in [1.807, 2.05) is 62.9 Å².